The van der Waals surface area contributed by atoms with Crippen LogP contribution in [-0.2, 0) is 0 Å². The van der Waals surface area contributed by atoms with Crippen LogP contribution in [0.15, 0.2) is 42.6 Å². The van der Waals surface area contributed by atoms with Crippen LogP contribution >= 0.6 is 0 Å². The minimum absolute atomic E-state index is 0.0210. The zero-order chi connectivity index (χ0) is 18.1. The number of aromatic nitrogens is 5. The molecular weight excluding hydrogens is 332 g/mol. The Balaban J connectivity index is 1.58. The van der Waals surface area contributed by atoms with Crippen molar-refractivity contribution in [1.82, 2.24) is 30.7 Å². The highest BCUT2D eigenvalue weighted by Crippen LogP contribution is 2.24. The molecule has 3 aromatic heterocycles. The Bertz CT molecular complexity index is 1050. The fraction of sp³-hybridized carbons (Fsp3) is 0.167. The third-order valence-electron chi connectivity index (χ3n) is 4.31. The molecule has 132 valence electrons. The maximum atomic E-state index is 12.6. The van der Waals surface area contributed by atoms with Crippen LogP contribution in [0.2, 0.25) is 0 Å². The SMILES string of the molecule is CCC(NC(=O)c1ccc2[nH]c(-c3cc[nH]n3)cc2c1)c1cc(O)[nH]n1. The fourth-order valence-electron chi connectivity index (χ4n) is 2.95. The maximum Gasteiger partial charge on any atom is 0.251 e. The summed E-state index contributed by atoms with van der Waals surface area (Å²) in [4.78, 5) is 15.9. The van der Waals surface area contributed by atoms with E-state index in [-0.39, 0.29) is 17.8 Å². The van der Waals surface area contributed by atoms with Crippen LogP contribution in [-0.4, -0.2) is 36.4 Å². The van der Waals surface area contributed by atoms with Crippen LogP contribution in [0, 0.1) is 0 Å². The van der Waals surface area contributed by atoms with E-state index < -0.39 is 0 Å². The van der Waals surface area contributed by atoms with Crippen molar-refractivity contribution in [3.05, 3.63) is 53.9 Å². The number of carbonyl (C=O) groups is 1. The van der Waals surface area contributed by atoms with E-state index in [1.54, 1.807) is 12.3 Å². The van der Waals surface area contributed by atoms with Crippen molar-refractivity contribution in [2.45, 2.75) is 19.4 Å². The van der Waals surface area contributed by atoms with Gasteiger partial charge in [0.2, 0.25) is 5.88 Å². The summed E-state index contributed by atoms with van der Waals surface area (Å²) in [6.45, 7) is 1.95. The van der Waals surface area contributed by atoms with E-state index in [4.69, 9.17) is 0 Å². The third-order valence-corrected chi connectivity index (χ3v) is 4.31. The Morgan fingerprint density at radius 3 is 2.81 bits per heavy atom. The molecule has 8 heteroatoms. The number of rotatable bonds is 5. The summed E-state index contributed by atoms with van der Waals surface area (Å²) in [6.07, 6.45) is 2.42. The monoisotopic (exact) mass is 350 g/mol. The Labute approximate surface area is 148 Å². The average Bonchev–Trinajstić information content (AvgIpc) is 3.38. The van der Waals surface area contributed by atoms with Crippen molar-refractivity contribution in [1.29, 1.82) is 0 Å². The largest absolute Gasteiger partial charge is 0.494 e. The number of nitrogens with one attached hydrogen (secondary N) is 4. The molecule has 0 saturated heterocycles. The molecule has 0 aliphatic rings. The third kappa shape index (κ3) is 2.92. The van der Waals surface area contributed by atoms with Crippen LogP contribution in [0.4, 0.5) is 0 Å². The summed E-state index contributed by atoms with van der Waals surface area (Å²) < 4.78 is 0. The van der Waals surface area contributed by atoms with Crippen LogP contribution < -0.4 is 5.32 Å². The number of carbonyl (C=O) groups excluding carboxylic acids is 1. The smallest absolute Gasteiger partial charge is 0.251 e. The number of hydrogen-bond donors (Lipinski definition) is 5. The summed E-state index contributed by atoms with van der Waals surface area (Å²) in [5.41, 5.74) is 3.79. The van der Waals surface area contributed by atoms with E-state index in [2.05, 4.69) is 30.7 Å². The molecule has 1 amide bonds. The van der Waals surface area contributed by atoms with Crippen molar-refractivity contribution >= 4 is 16.8 Å². The maximum absolute atomic E-state index is 12.6. The Morgan fingerprint density at radius 2 is 2.12 bits per heavy atom. The van der Waals surface area contributed by atoms with Crippen LogP contribution in [0.25, 0.3) is 22.3 Å². The van der Waals surface area contributed by atoms with E-state index in [0.29, 0.717) is 17.7 Å². The van der Waals surface area contributed by atoms with E-state index in [1.807, 2.05) is 31.2 Å². The summed E-state index contributed by atoms with van der Waals surface area (Å²) in [7, 11) is 0. The van der Waals surface area contributed by atoms with Gasteiger partial charge in [0.05, 0.1) is 17.4 Å². The van der Waals surface area contributed by atoms with E-state index in [0.717, 1.165) is 22.3 Å². The molecule has 3 heterocycles. The number of H-pyrrole nitrogens is 3. The van der Waals surface area contributed by atoms with Crippen LogP contribution in [0.1, 0.15) is 35.4 Å². The molecule has 1 atom stereocenters. The van der Waals surface area contributed by atoms with Gasteiger partial charge in [-0.3, -0.25) is 9.89 Å². The molecule has 0 aliphatic carbocycles. The molecule has 5 N–H and O–H groups in total. The van der Waals surface area contributed by atoms with E-state index in [9.17, 15) is 9.90 Å². The molecule has 1 aromatic carbocycles. The Morgan fingerprint density at radius 1 is 1.23 bits per heavy atom. The van der Waals surface area contributed by atoms with Crippen molar-refractivity contribution < 1.29 is 9.90 Å². The van der Waals surface area contributed by atoms with Gasteiger partial charge in [-0.2, -0.15) is 10.2 Å². The molecule has 0 spiro atoms. The number of benzene rings is 1. The van der Waals surface area contributed by atoms with Gasteiger partial charge >= 0.3 is 0 Å². The number of nitrogens with zero attached hydrogens (tertiary/aromatic N) is 2. The first-order valence-corrected chi connectivity index (χ1v) is 8.32. The van der Waals surface area contributed by atoms with Gasteiger partial charge in [-0.05, 0) is 36.8 Å². The molecular formula is C18H18N6O2. The van der Waals surface area contributed by atoms with Crippen LogP contribution in [0.5, 0.6) is 5.88 Å². The lowest BCUT2D eigenvalue weighted by molar-refractivity contribution is 0.0935. The van der Waals surface area contributed by atoms with Gasteiger partial charge in [0.15, 0.2) is 0 Å². The predicted octanol–water partition coefficient (Wildman–Crippen LogP) is 2.87. The van der Waals surface area contributed by atoms with Crippen molar-refractivity contribution in [3.8, 4) is 17.3 Å². The summed E-state index contributed by atoms with van der Waals surface area (Å²) in [6, 6.07) is 10.6. The second-order valence-corrected chi connectivity index (χ2v) is 6.06. The number of aromatic hydroxyl groups is 1. The molecule has 0 saturated carbocycles. The average molecular weight is 350 g/mol. The summed E-state index contributed by atoms with van der Waals surface area (Å²) >= 11 is 0. The summed E-state index contributed by atoms with van der Waals surface area (Å²) in [5, 5.41) is 26.7. The molecule has 4 rings (SSSR count). The number of hydrogen-bond acceptors (Lipinski definition) is 4. The fourth-order valence-corrected chi connectivity index (χ4v) is 2.95. The normalized spacial score (nSPS) is 12.3. The molecule has 4 aromatic rings. The molecule has 8 nitrogen and oxygen atoms in total. The number of fused-ring (bicyclic) bond motifs is 1. The van der Waals surface area contributed by atoms with Gasteiger partial charge in [-0.1, -0.05) is 6.92 Å². The zero-order valence-electron chi connectivity index (χ0n) is 14.1. The zero-order valence-corrected chi connectivity index (χ0v) is 14.1. The first-order chi connectivity index (χ1) is 12.6. The van der Waals surface area contributed by atoms with Gasteiger partial charge in [0, 0.05) is 28.7 Å². The second-order valence-electron chi connectivity index (χ2n) is 6.06. The van der Waals surface area contributed by atoms with Gasteiger partial charge in [0.1, 0.15) is 5.69 Å². The Hall–Kier alpha value is -3.55. The van der Waals surface area contributed by atoms with Crippen LogP contribution in [0.3, 0.4) is 0 Å². The summed E-state index contributed by atoms with van der Waals surface area (Å²) in [5.74, 6) is -0.212. The minimum Gasteiger partial charge on any atom is -0.494 e. The lowest BCUT2D eigenvalue weighted by Gasteiger charge is -2.14. The minimum atomic E-state index is -0.277. The Kier molecular flexibility index (Phi) is 3.92. The first kappa shape index (κ1) is 15.9. The molecule has 1 unspecified atom stereocenters. The van der Waals surface area contributed by atoms with Crippen molar-refractivity contribution in [2.24, 2.45) is 0 Å². The van der Waals surface area contributed by atoms with Gasteiger partial charge < -0.3 is 15.4 Å². The second kappa shape index (κ2) is 6.40. The lowest BCUT2D eigenvalue weighted by Crippen LogP contribution is -2.28. The topological polar surface area (TPSA) is 122 Å². The lowest BCUT2D eigenvalue weighted by atomic mass is 10.1. The van der Waals surface area contributed by atoms with Crippen molar-refractivity contribution in [2.75, 3.05) is 0 Å². The van der Waals surface area contributed by atoms with E-state index >= 15 is 0 Å². The number of amides is 1. The number of aromatic amines is 3. The highest BCUT2D eigenvalue weighted by Gasteiger charge is 2.17. The molecule has 0 radical (unpaired) electrons. The quantitative estimate of drug-likeness (QED) is 0.380. The first-order valence-electron chi connectivity index (χ1n) is 8.32. The predicted molar refractivity (Wildman–Crippen MR) is 96.6 cm³/mol. The molecule has 0 fully saturated rings. The molecule has 0 aliphatic heterocycles. The van der Waals surface area contributed by atoms with Crippen molar-refractivity contribution in [3.63, 3.8) is 0 Å². The van der Waals surface area contributed by atoms with Gasteiger partial charge in [-0.25, -0.2) is 5.10 Å². The highest BCUT2D eigenvalue weighted by molar-refractivity contribution is 5.99. The molecule has 26 heavy (non-hydrogen) atoms. The standard InChI is InChI=1S/C18H18N6O2/c1-2-12(16-9-17(25)24-23-16)21-18(26)10-3-4-13-11(7-10)8-15(20-13)14-5-6-19-22-14/h3-9,12,20H,2H2,1H3,(H,19,22)(H,21,26)(H2,23,24,25). The van der Waals surface area contributed by atoms with Gasteiger partial charge in [-0.15, -0.1) is 0 Å². The van der Waals surface area contributed by atoms with Gasteiger partial charge in [0.25, 0.3) is 5.91 Å². The molecule has 0 bridgehead atoms. The van der Waals surface area contributed by atoms with E-state index in [1.165, 1.54) is 6.07 Å². The highest BCUT2D eigenvalue weighted by atomic mass is 16.3.